The van der Waals surface area contributed by atoms with Crippen molar-refractivity contribution in [3.05, 3.63) is 65.0 Å². The van der Waals surface area contributed by atoms with Crippen LogP contribution in [-0.2, 0) is 0 Å². The van der Waals surface area contributed by atoms with Gasteiger partial charge in [-0.15, -0.1) is 5.10 Å². The van der Waals surface area contributed by atoms with Gasteiger partial charge in [0.15, 0.2) is 11.5 Å². The maximum Gasteiger partial charge on any atom is 0.244 e. The lowest BCUT2D eigenvalue weighted by Crippen LogP contribution is -2.21. The number of nitrogens with two attached hydrogens (primary N) is 1. The molecule has 0 spiro atoms. The molecule has 2 aliphatic rings. The third kappa shape index (κ3) is 3.11. The van der Waals surface area contributed by atoms with Crippen LogP contribution in [0.3, 0.4) is 0 Å². The molecule has 0 saturated heterocycles. The van der Waals surface area contributed by atoms with Gasteiger partial charge in [-0.1, -0.05) is 25.1 Å². The van der Waals surface area contributed by atoms with Gasteiger partial charge in [0, 0.05) is 11.1 Å². The van der Waals surface area contributed by atoms with Crippen LogP contribution in [0.2, 0.25) is 0 Å². The summed E-state index contributed by atoms with van der Waals surface area (Å²) in [7, 11) is 0. The fourth-order valence-electron chi connectivity index (χ4n) is 3.89. The van der Waals surface area contributed by atoms with E-state index in [2.05, 4.69) is 16.3 Å². The Balaban J connectivity index is 1.69. The van der Waals surface area contributed by atoms with Crippen molar-refractivity contribution >= 4 is 0 Å². The summed E-state index contributed by atoms with van der Waals surface area (Å²) in [4.78, 5) is 0. The van der Waals surface area contributed by atoms with Crippen molar-refractivity contribution in [2.24, 2.45) is 5.73 Å². The standard InChI is InChI=1S/C23H20N4O4/c1-2-9-28-16-6-4-3-5-14(16)19-15(11-24)22(25)31-23-20(19)21(26-27-23)13-7-8-17-18(10-13)30-12-29-17/h3-8,10,19H,2,9,12,25H2,1H3,(H,26,27)/t19-/m1/s1. The molecule has 0 fully saturated rings. The number of para-hydroxylation sites is 1. The van der Waals surface area contributed by atoms with Gasteiger partial charge in [-0.05, 0) is 30.7 Å². The number of aromatic amines is 1. The Morgan fingerprint density at radius 3 is 2.90 bits per heavy atom. The van der Waals surface area contributed by atoms with Crippen LogP contribution in [0.15, 0.2) is 53.9 Å². The fourth-order valence-corrected chi connectivity index (χ4v) is 3.89. The smallest absolute Gasteiger partial charge is 0.244 e. The summed E-state index contributed by atoms with van der Waals surface area (Å²) in [6, 6.07) is 15.5. The molecule has 1 atom stereocenters. The summed E-state index contributed by atoms with van der Waals surface area (Å²) < 4.78 is 22.6. The maximum absolute atomic E-state index is 9.94. The van der Waals surface area contributed by atoms with Gasteiger partial charge >= 0.3 is 0 Å². The lowest BCUT2D eigenvalue weighted by molar-refractivity contribution is 0.174. The number of ether oxygens (including phenoxy) is 4. The Bertz CT molecular complexity index is 1220. The van der Waals surface area contributed by atoms with Crippen molar-refractivity contribution in [2.45, 2.75) is 19.3 Å². The molecule has 2 aliphatic heterocycles. The number of H-pyrrole nitrogens is 1. The largest absolute Gasteiger partial charge is 0.493 e. The highest BCUT2D eigenvalue weighted by Gasteiger charge is 2.37. The number of benzene rings is 2. The molecule has 0 radical (unpaired) electrons. The summed E-state index contributed by atoms with van der Waals surface area (Å²) in [5.41, 5.74) is 9.50. The molecule has 5 rings (SSSR count). The normalized spacial score (nSPS) is 16.5. The second kappa shape index (κ2) is 7.61. The summed E-state index contributed by atoms with van der Waals surface area (Å²) in [6.45, 7) is 2.79. The van der Waals surface area contributed by atoms with Crippen LogP contribution in [-0.4, -0.2) is 23.6 Å². The number of aromatic nitrogens is 2. The second-order valence-corrected chi connectivity index (χ2v) is 7.20. The Kier molecular flexibility index (Phi) is 4.64. The molecule has 3 heterocycles. The van der Waals surface area contributed by atoms with E-state index in [9.17, 15) is 5.26 Å². The Morgan fingerprint density at radius 2 is 2.06 bits per heavy atom. The van der Waals surface area contributed by atoms with E-state index in [0.29, 0.717) is 41.0 Å². The quantitative estimate of drug-likeness (QED) is 0.650. The first kappa shape index (κ1) is 18.9. The lowest BCUT2D eigenvalue weighted by Gasteiger charge is -2.25. The number of nitrogens with zero attached hydrogens (tertiary/aromatic N) is 2. The van der Waals surface area contributed by atoms with Crippen molar-refractivity contribution in [2.75, 3.05) is 13.4 Å². The van der Waals surface area contributed by atoms with Gasteiger partial charge < -0.3 is 24.7 Å². The fraction of sp³-hybridized carbons (Fsp3) is 0.217. The number of rotatable bonds is 5. The Labute approximate surface area is 178 Å². The zero-order valence-electron chi connectivity index (χ0n) is 16.8. The van der Waals surface area contributed by atoms with Crippen molar-refractivity contribution in [3.8, 4) is 40.5 Å². The number of fused-ring (bicyclic) bond motifs is 2. The minimum absolute atomic E-state index is 0.0361. The van der Waals surface area contributed by atoms with Gasteiger partial charge in [0.2, 0.25) is 18.6 Å². The lowest BCUT2D eigenvalue weighted by atomic mass is 9.82. The second-order valence-electron chi connectivity index (χ2n) is 7.20. The number of hydrogen-bond acceptors (Lipinski definition) is 7. The van der Waals surface area contributed by atoms with Gasteiger partial charge in [0.05, 0.1) is 23.8 Å². The summed E-state index contributed by atoms with van der Waals surface area (Å²) in [5, 5.41) is 17.3. The van der Waals surface area contributed by atoms with Crippen LogP contribution in [0.25, 0.3) is 11.3 Å². The molecule has 156 valence electrons. The third-order valence-corrected chi connectivity index (χ3v) is 5.29. The van der Waals surface area contributed by atoms with Gasteiger partial charge in [-0.25, -0.2) is 0 Å². The Morgan fingerprint density at radius 1 is 1.23 bits per heavy atom. The van der Waals surface area contributed by atoms with Crippen molar-refractivity contribution in [1.29, 1.82) is 5.26 Å². The molecule has 0 unspecified atom stereocenters. The van der Waals surface area contributed by atoms with Gasteiger partial charge in [0.1, 0.15) is 17.4 Å². The minimum Gasteiger partial charge on any atom is -0.493 e. The van der Waals surface area contributed by atoms with Gasteiger partial charge in [0.25, 0.3) is 0 Å². The number of nitrogens with one attached hydrogen (secondary N) is 1. The van der Waals surface area contributed by atoms with Crippen molar-refractivity contribution in [3.63, 3.8) is 0 Å². The minimum atomic E-state index is -0.499. The van der Waals surface area contributed by atoms with Crippen molar-refractivity contribution < 1.29 is 18.9 Å². The maximum atomic E-state index is 9.94. The van der Waals surface area contributed by atoms with Gasteiger partial charge in [-0.2, -0.15) is 5.26 Å². The van der Waals surface area contributed by atoms with Gasteiger partial charge in [-0.3, -0.25) is 5.10 Å². The highest BCUT2D eigenvalue weighted by Crippen LogP contribution is 2.48. The first-order chi connectivity index (χ1) is 15.2. The first-order valence-corrected chi connectivity index (χ1v) is 9.98. The van der Waals surface area contributed by atoms with E-state index in [-0.39, 0.29) is 12.7 Å². The zero-order chi connectivity index (χ0) is 21.4. The summed E-state index contributed by atoms with van der Waals surface area (Å²) in [5.74, 6) is 1.90. The molecule has 0 saturated carbocycles. The molecule has 3 N–H and O–H groups in total. The monoisotopic (exact) mass is 416 g/mol. The van der Waals surface area contributed by atoms with Crippen molar-refractivity contribution in [1.82, 2.24) is 10.2 Å². The molecule has 3 aromatic rings. The van der Waals surface area contributed by atoms with Crippen LogP contribution < -0.4 is 24.7 Å². The van der Waals surface area contributed by atoms with E-state index in [1.807, 2.05) is 49.4 Å². The molecular formula is C23H20N4O4. The van der Waals surface area contributed by atoms with Crippen LogP contribution in [0.5, 0.6) is 23.1 Å². The molecule has 0 amide bonds. The molecule has 31 heavy (non-hydrogen) atoms. The molecule has 0 aliphatic carbocycles. The van der Waals surface area contributed by atoms with Crippen LogP contribution in [0.4, 0.5) is 0 Å². The summed E-state index contributed by atoms with van der Waals surface area (Å²) in [6.07, 6.45) is 0.866. The molecular weight excluding hydrogens is 396 g/mol. The highest BCUT2D eigenvalue weighted by atomic mass is 16.7. The zero-order valence-corrected chi connectivity index (χ0v) is 16.8. The molecule has 2 aromatic carbocycles. The van der Waals surface area contributed by atoms with E-state index in [1.54, 1.807) is 0 Å². The molecule has 8 heteroatoms. The number of allylic oxidation sites excluding steroid dienone is 1. The number of nitriles is 1. The molecule has 1 aromatic heterocycles. The average molecular weight is 416 g/mol. The topological polar surface area (TPSA) is 115 Å². The SMILES string of the molecule is CCCOc1ccccc1[C@@H]1C(C#N)=C(N)Oc2n[nH]c(-c3ccc4c(c3)OCO4)c21. The van der Waals surface area contributed by atoms with E-state index in [4.69, 9.17) is 24.7 Å². The van der Waals surface area contributed by atoms with E-state index >= 15 is 0 Å². The number of hydrogen-bond donors (Lipinski definition) is 2. The third-order valence-electron chi connectivity index (χ3n) is 5.29. The predicted molar refractivity (Wildman–Crippen MR) is 112 cm³/mol. The van der Waals surface area contributed by atoms with Crippen LogP contribution in [0.1, 0.15) is 30.4 Å². The first-order valence-electron chi connectivity index (χ1n) is 9.98. The Hall–Kier alpha value is -4.12. The molecule has 8 nitrogen and oxygen atoms in total. The van der Waals surface area contributed by atoms with E-state index in [1.165, 1.54) is 0 Å². The average Bonchev–Trinajstić information content (AvgIpc) is 3.43. The summed E-state index contributed by atoms with van der Waals surface area (Å²) >= 11 is 0. The molecule has 0 bridgehead atoms. The predicted octanol–water partition coefficient (Wildman–Crippen LogP) is 3.81. The van der Waals surface area contributed by atoms with E-state index in [0.717, 1.165) is 23.1 Å². The van der Waals surface area contributed by atoms with Crippen LogP contribution >= 0.6 is 0 Å². The van der Waals surface area contributed by atoms with Crippen LogP contribution in [0, 0.1) is 11.3 Å². The van der Waals surface area contributed by atoms with E-state index < -0.39 is 5.92 Å². The highest BCUT2D eigenvalue weighted by molar-refractivity contribution is 5.73.